The molecular formula is C32H28N2O5. The molecule has 7 heteroatoms. The first-order chi connectivity index (χ1) is 18.8. The van der Waals surface area contributed by atoms with Crippen LogP contribution in [0.4, 0.5) is 11.4 Å². The standard InChI is InChI=1S/C32H28N2O5/c1-4-37-21-14-15-27-24(17-21)29-25-18-38-28-11-6-5-9-22(28)30(25)39-32(33-27,31(29,2)3)26-10-7-8-19-12-13-20(34(35)36)16-23(19)26/h5-17,29,33H,4,18H2,1-3H3/t29-,32?/m1/s1. The van der Waals surface area contributed by atoms with Crippen molar-refractivity contribution in [2.45, 2.75) is 32.4 Å². The maximum atomic E-state index is 11.8. The van der Waals surface area contributed by atoms with E-state index in [-0.39, 0.29) is 16.5 Å². The van der Waals surface area contributed by atoms with E-state index in [2.05, 4.69) is 25.2 Å². The summed E-state index contributed by atoms with van der Waals surface area (Å²) in [6.07, 6.45) is 0. The van der Waals surface area contributed by atoms with E-state index in [0.717, 1.165) is 56.0 Å². The highest BCUT2D eigenvalue weighted by Crippen LogP contribution is 2.66. The topological polar surface area (TPSA) is 82.9 Å². The lowest BCUT2D eigenvalue weighted by Crippen LogP contribution is -2.59. The number of ether oxygens (including phenoxy) is 3. The lowest BCUT2D eigenvalue weighted by atomic mass is 9.58. The van der Waals surface area contributed by atoms with Crippen LogP contribution in [0.3, 0.4) is 0 Å². The number of non-ortho nitro benzene ring substituents is 1. The van der Waals surface area contributed by atoms with E-state index < -0.39 is 11.1 Å². The van der Waals surface area contributed by atoms with Crippen molar-refractivity contribution in [1.82, 2.24) is 0 Å². The maximum Gasteiger partial charge on any atom is 0.270 e. The Morgan fingerprint density at radius 3 is 2.72 bits per heavy atom. The number of hydrogen-bond donors (Lipinski definition) is 1. The molecule has 0 aromatic heterocycles. The van der Waals surface area contributed by atoms with Crippen molar-refractivity contribution in [3.8, 4) is 11.5 Å². The Bertz CT molecular complexity index is 1710. The fourth-order valence-electron chi connectivity index (χ4n) is 6.69. The van der Waals surface area contributed by atoms with Crippen LogP contribution in [-0.2, 0) is 10.5 Å². The number of hydrogen-bond acceptors (Lipinski definition) is 6. The number of rotatable bonds is 4. The molecule has 0 amide bonds. The Morgan fingerprint density at radius 2 is 1.90 bits per heavy atom. The van der Waals surface area contributed by atoms with Gasteiger partial charge in [-0.05, 0) is 59.7 Å². The molecule has 0 saturated carbocycles. The quantitative estimate of drug-likeness (QED) is 0.223. The number of anilines is 1. The van der Waals surface area contributed by atoms with Gasteiger partial charge in [0.1, 0.15) is 23.9 Å². The largest absolute Gasteiger partial charge is 0.494 e. The lowest BCUT2D eigenvalue weighted by Gasteiger charge is -2.59. The van der Waals surface area contributed by atoms with E-state index in [4.69, 9.17) is 14.2 Å². The first kappa shape index (κ1) is 23.6. The van der Waals surface area contributed by atoms with Crippen LogP contribution in [0.15, 0.2) is 84.4 Å². The van der Waals surface area contributed by atoms with Crippen LogP contribution in [0.1, 0.15) is 43.4 Å². The van der Waals surface area contributed by atoms with Crippen LogP contribution >= 0.6 is 0 Å². The van der Waals surface area contributed by atoms with Gasteiger partial charge in [0.15, 0.2) is 0 Å². The van der Waals surface area contributed by atoms with Gasteiger partial charge in [0.05, 0.1) is 17.1 Å². The van der Waals surface area contributed by atoms with Gasteiger partial charge in [-0.15, -0.1) is 0 Å². The van der Waals surface area contributed by atoms with Crippen LogP contribution in [0.25, 0.3) is 16.5 Å². The predicted molar refractivity (Wildman–Crippen MR) is 150 cm³/mol. The van der Waals surface area contributed by atoms with Crippen LogP contribution in [-0.4, -0.2) is 18.1 Å². The Hall–Kier alpha value is -4.52. The average Bonchev–Trinajstić information content (AvgIpc) is 2.92. The summed E-state index contributed by atoms with van der Waals surface area (Å²) in [6.45, 7) is 7.36. The first-order valence-electron chi connectivity index (χ1n) is 13.2. The first-order valence-corrected chi connectivity index (χ1v) is 13.2. The monoisotopic (exact) mass is 520 g/mol. The molecule has 4 aromatic rings. The zero-order valence-electron chi connectivity index (χ0n) is 22.0. The summed E-state index contributed by atoms with van der Waals surface area (Å²) >= 11 is 0. The van der Waals surface area contributed by atoms with Gasteiger partial charge in [-0.25, -0.2) is 0 Å². The molecule has 1 N–H and O–H groups in total. The van der Waals surface area contributed by atoms with Crippen LogP contribution in [0.5, 0.6) is 11.5 Å². The number of nitrogens with zero attached hydrogens (tertiary/aromatic N) is 1. The molecule has 2 bridgehead atoms. The van der Waals surface area contributed by atoms with Crippen LogP contribution in [0.2, 0.25) is 0 Å². The third-order valence-electron chi connectivity index (χ3n) is 8.45. The molecule has 3 aliphatic heterocycles. The SMILES string of the molecule is CCOc1ccc2c(c1)[C@@H]1C3=C(OC(c4cccc5ccc([N+](=O)[O-])cc45)(N2)C1(C)C)c1ccccc1OC3. The Kier molecular flexibility index (Phi) is 4.98. The minimum atomic E-state index is -1.03. The highest BCUT2D eigenvalue weighted by molar-refractivity contribution is 5.90. The normalized spacial score (nSPS) is 22.0. The molecule has 0 spiro atoms. The fourth-order valence-corrected chi connectivity index (χ4v) is 6.69. The summed E-state index contributed by atoms with van der Waals surface area (Å²) in [5.41, 5.74) is 3.38. The predicted octanol–water partition coefficient (Wildman–Crippen LogP) is 7.37. The zero-order valence-corrected chi connectivity index (χ0v) is 22.0. The average molecular weight is 521 g/mol. The van der Waals surface area contributed by atoms with Crippen molar-refractivity contribution in [1.29, 1.82) is 0 Å². The molecule has 3 heterocycles. The van der Waals surface area contributed by atoms with E-state index in [1.54, 1.807) is 18.2 Å². The molecule has 39 heavy (non-hydrogen) atoms. The van der Waals surface area contributed by atoms with E-state index in [9.17, 15) is 10.1 Å². The van der Waals surface area contributed by atoms with E-state index in [0.29, 0.717) is 13.2 Å². The van der Waals surface area contributed by atoms with Crippen molar-refractivity contribution in [3.05, 3.63) is 111 Å². The zero-order chi connectivity index (χ0) is 26.9. The van der Waals surface area contributed by atoms with Gasteiger partial charge in [0.25, 0.3) is 5.69 Å². The van der Waals surface area contributed by atoms with E-state index in [1.807, 2.05) is 61.5 Å². The number of nitro groups is 1. The van der Waals surface area contributed by atoms with Crippen molar-refractivity contribution >= 4 is 27.9 Å². The Morgan fingerprint density at radius 1 is 1.05 bits per heavy atom. The second-order valence-corrected chi connectivity index (χ2v) is 10.9. The number of para-hydroxylation sites is 1. The molecule has 0 fully saturated rings. The molecule has 7 nitrogen and oxygen atoms in total. The molecule has 0 saturated heterocycles. The van der Waals surface area contributed by atoms with Crippen LogP contribution in [0, 0.1) is 15.5 Å². The van der Waals surface area contributed by atoms with Crippen molar-refractivity contribution < 1.29 is 19.1 Å². The van der Waals surface area contributed by atoms with E-state index in [1.165, 1.54) is 0 Å². The maximum absolute atomic E-state index is 11.8. The number of benzene rings is 4. The molecule has 2 atom stereocenters. The summed E-state index contributed by atoms with van der Waals surface area (Å²) in [5.74, 6) is 2.32. The molecular weight excluding hydrogens is 492 g/mol. The molecule has 4 aromatic carbocycles. The van der Waals surface area contributed by atoms with Gasteiger partial charge >= 0.3 is 0 Å². The molecule has 0 aliphatic carbocycles. The Balaban J connectivity index is 1.55. The second kappa shape index (κ2) is 8.24. The minimum absolute atomic E-state index is 0.0467. The van der Waals surface area contributed by atoms with Crippen molar-refractivity contribution in [2.75, 3.05) is 18.5 Å². The molecule has 7 rings (SSSR count). The van der Waals surface area contributed by atoms with Gasteiger partial charge in [0.2, 0.25) is 5.72 Å². The highest BCUT2D eigenvalue weighted by atomic mass is 16.6. The molecule has 196 valence electrons. The smallest absolute Gasteiger partial charge is 0.270 e. The second-order valence-electron chi connectivity index (χ2n) is 10.9. The van der Waals surface area contributed by atoms with Crippen molar-refractivity contribution in [3.63, 3.8) is 0 Å². The minimum Gasteiger partial charge on any atom is -0.494 e. The Labute approximate surface area is 226 Å². The summed E-state index contributed by atoms with van der Waals surface area (Å²) in [5, 5.41) is 17.3. The number of nitro benzene ring substituents is 1. The van der Waals surface area contributed by atoms with Gasteiger partial charge in [0, 0.05) is 40.3 Å². The van der Waals surface area contributed by atoms with Gasteiger partial charge in [-0.3, -0.25) is 10.1 Å². The van der Waals surface area contributed by atoms with Gasteiger partial charge in [-0.2, -0.15) is 0 Å². The molecule has 3 aliphatic rings. The molecule has 1 unspecified atom stereocenters. The summed E-state index contributed by atoms with van der Waals surface area (Å²) in [4.78, 5) is 11.4. The van der Waals surface area contributed by atoms with Crippen LogP contribution < -0.4 is 14.8 Å². The third-order valence-corrected chi connectivity index (χ3v) is 8.45. The third kappa shape index (κ3) is 3.22. The summed E-state index contributed by atoms with van der Waals surface area (Å²) in [6, 6.07) is 25.1. The number of fused-ring (bicyclic) bond motifs is 8. The fraction of sp³-hybridized carbons (Fsp3) is 0.250. The highest BCUT2D eigenvalue weighted by Gasteiger charge is 2.62. The van der Waals surface area contributed by atoms with Gasteiger partial charge < -0.3 is 19.5 Å². The lowest BCUT2D eigenvalue weighted by molar-refractivity contribution is -0.384. The number of nitrogens with one attached hydrogen (secondary N) is 1. The van der Waals surface area contributed by atoms with E-state index >= 15 is 0 Å². The van der Waals surface area contributed by atoms with Gasteiger partial charge in [-0.1, -0.05) is 44.2 Å². The van der Waals surface area contributed by atoms with Crippen molar-refractivity contribution in [2.24, 2.45) is 5.41 Å². The summed E-state index contributed by atoms with van der Waals surface area (Å²) < 4.78 is 19.4. The molecule has 0 radical (unpaired) electrons. The summed E-state index contributed by atoms with van der Waals surface area (Å²) in [7, 11) is 0.